The number of nitrogens with one attached hydrogen (secondary N) is 2. The Hall–Kier alpha value is -1.69. The Kier molecular flexibility index (Phi) is 6.01. The van der Waals surface area contributed by atoms with Gasteiger partial charge in [0.05, 0.1) is 12.3 Å². The SMILES string of the molecule is COCc1cc(NCC2CCNCC2)nc(-c2cccc(Cl)c2)n1. The van der Waals surface area contributed by atoms with E-state index in [0.717, 1.165) is 36.7 Å². The van der Waals surface area contributed by atoms with Gasteiger partial charge in [-0.1, -0.05) is 23.7 Å². The summed E-state index contributed by atoms with van der Waals surface area (Å²) in [6.07, 6.45) is 2.40. The maximum Gasteiger partial charge on any atom is 0.161 e. The van der Waals surface area contributed by atoms with Gasteiger partial charge in [0.2, 0.25) is 0 Å². The van der Waals surface area contributed by atoms with E-state index < -0.39 is 0 Å². The van der Waals surface area contributed by atoms with E-state index in [1.165, 1.54) is 12.8 Å². The molecule has 0 spiro atoms. The Morgan fingerprint density at radius 3 is 2.83 bits per heavy atom. The lowest BCUT2D eigenvalue weighted by Gasteiger charge is -2.23. The monoisotopic (exact) mass is 346 g/mol. The molecule has 3 rings (SSSR count). The number of hydrogen-bond acceptors (Lipinski definition) is 5. The number of ether oxygens (including phenoxy) is 1. The van der Waals surface area contributed by atoms with Crippen molar-refractivity contribution in [3.63, 3.8) is 0 Å². The molecule has 128 valence electrons. The molecule has 2 heterocycles. The summed E-state index contributed by atoms with van der Waals surface area (Å²) in [6, 6.07) is 9.56. The molecule has 0 radical (unpaired) electrons. The second-order valence-electron chi connectivity index (χ2n) is 6.09. The molecule has 0 amide bonds. The number of hydrogen-bond donors (Lipinski definition) is 2. The van der Waals surface area contributed by atoms with E-state index in [-0.39, 0.29) is 0 Å². The van der Waals surface area contributed by atoms with Crippen LogP contribution in [0.15, 0.2) is 30.3 Å². The molecule has 1 aromatic carbocycles. The molecule has 2 aromatic rings. The number of nitrogens with zero attached hydrogens (tertiary/aromatic N) is 2. The summed E-state index contributed by atoms with van der Waals surface area (Å²) in [6.45, 7) is 3.58. The Balaban J connectivity index is 1.79. The highest BCUT2D eigenvalue weighted by atomic mass is 35.5. The van der Waals surface area contributed by atoms with Crippen LogP contribution >= 0.6 is 11.6 Å². The van der Waals surface area contributed by atoms with Crippen LogP contribution in [0.25, 0.3) is 11.4 Å². The van der Waals surface area contributed by atoms with Crippen LogP contribution in [-0.2, 0) is 11.3 Å². The van der Waals surface area contributed by atoms with Gasteiger partial charge >= 0.3 is 0 Å². The van der Waals surface area contributed by atoms with Crippen LogP contribution in [-0.4, -0.2) is 36.7 Å². The van der Waals surface area contributed by atoms with Gasteiger partial charge < -0.3 is 15.4 Å². The van der Waals surface area contributed by atoms with E-state index in [0.29, 0.717) is 23.4 Å². The van der Waals surface area contributed by atoms with Crippen LogP contribution in [0.3, 0.4) is 0 Å². The van der Waals surface area contributed by atoms with Gasteiger partial charge in [-0.3, -0.25) is 0 Å². The average molecular weight is 347 g/mol. The minimum atomic E-state index is 0.456. The van der Waals surface area contributed by atoms with Crippen molar-refractivity contribution in [3.05, 3.63) is 41.0 Å². The van der Waals surface area contributed by atoms with Crippen molar-refractivity contribution < 1.29 is 4.74 Å². The molecule has 6 heteroatoms. The van der Waals surface area contributed by atoms with Crippen molar-refractivity contribution in [2.45, 2.75) is 19.4 Å². The summed E-state index contributed by atoms with van der Waals surface area (Å²) in [7, 11) is 1.67. The fourth-order valence-electron chi connectivity index (χ4n) is 2.90. The van der Waals surface area contributed by atoms with Crippen molar-refractivity contribution in [1.29, 1.82) is 0 Å². The molecular weight excluding hydrogens is 324 g/mol. The lowest BCUT2D eigenvalue weighted by atomic mass is 9.98. The van der Waals surface area contributed by atoms with Gasteiger partial charge in [-0.15, -0.1) is 0 Å². The van der Waals surface area contributed by atoms with Crippen LogP contribution in [0, 0.1) is 5.92 Å². The molecule has 0 saturated carbocycles. The number of benzene rings is 1. The molecule has 1 saturated heterocycles. The van der Waals surface area contributed by atoms with Crippen LogP contribution in [0.2, 0.25) is 5.02 Å². The average Bonchev–Trinajstić information content (AvgIpc) is 2.61. The Morgan fingerprint density at radius 1 is 1.25 bits per heavy atom. The Labute approximate surface area is 147 Å². The highest BCUT2D eigenvalue weighted by Crippen LogP contribution is 2.22. The van der Waals surface area contributed by atoms with Crippen molar-refractivity contribution >= 4 is 17.4 Å². The van der Waals surface area contributed by atoms with Crippen molar-refractivity contribution in [1.82, 2.24) is 15.3 Å². The predicted octanol–water partition coefficient (Wildman–Crippen LogP) is 3.35. The van der Waals surface area contributed by atoms with Crippen LogP contribution in [0.1, 0.15) is 18.5 Å². The fourth-order valence-corrected chi connectivity index (χ4v) is 3.09. The summed E-state index contributed by atoms with van der Waals surface area (Å²) in [5.41, 5.74) is 1.76. The third-order valence-corrected chi connectivity index (χ3v) is 4.42. The summed E-state index contributed by atoms with van der Waals surface area (Å²) in [5.74, 6) is 2.19. The fraction of sp³-hybridized carbons (Fsp3) is 0.444. The molecule has 1 aliphatic rings. The number of piperidine rings is 1. The maximum absolute atomic E-state index is 6.10. The van der Waals surface area contributed by atoms with Gasteiger partial charge in [-0.05, 0) is 44.0 Å². The smallest absolute Gasteiger partial charge is 0.161 e. The molecule has 2 N–H and O–H groups in total. The number of aromatic nitrogens is 2. The molecule has 5 nitrogen and oxygen atoms in total. The first-order chi connectivity index (χ1) is 11.7. The summed E-state index contributed by atoms with van der Waals surface area (Å²) in [4.78, 5) is 9.24. The number of methoxy groups -OCH3 is 1. The molecular formula is C18H23ClN4O. The van der Waals surface area contributed by atoms with E-state index in [1.54, 1.807) is 7.11 Å². The number of anilines is 1. The maximum atomic E-state index is 6.10. The second kappa shape index (κ2) is 8.42. The van der Waals surface area contributed by atoms with E-state index in [1.807, 2.05) is 30.3 Å². The molecule has 0 bridgehead atoms. The normalized spacial score (nSPS) is 15.4. The zero-order valence-corrected chi connectivity index (χ0v) is 14.6. The molecule has 24 heavy (non-hydrogen) atoms. The van der Waals surface area contributed by atoms with Crippen LogP contribution in [0.5, 0.6) is 0 Å². The Bertz CT molecular complexity index is 674. The van der Waals surface area contributed by atoms with Gasteiger partial charge in [0.1, 0.15) is 5.82 Å². The standard InChI is InChI=1S/C18H23ClN4O/c1-24-12-16-10-17(21-11-13-5-7-20-8-6-13)23-18(22-16)14-3-2-4-15(19)9-14/h2-4,9-10,13,20H,5-8,11-12H2,1H3,(H,21,22,23). The minimum absolute atomic E-state index is 0.456. The van der Waals surface area contributed by atoms with Crippen LogP contribution < -0.4 is 10.6 Å². The summed E-state index contributed by atoms with van der Waals surface area (Å²) >= 11 is 6.10. The number of rotatable bonds is 6. The van der Waals surface area contributed by atoms with Crippen molar-refractivity contribution in [2.24, 2.45) is 5.92 Å². The second-order valence-corrected chi connectivity index (χ2v) is 6.52. The molecule has 0 atom stereocenters. The predicted molar refractivity (Wildman–Crippen MR) is 97.3 cm³/mol. The molecule has 0 aliphatic carbocycles. The van der Waals surface area contributed by atoms with E-state index >= 15 is 0 Å². The van der Waals surface area contributed by atoms with Gasteiger partial charge in [0.15, 0.2) is 5.82 Å². The first-order valence-electron chi connectivity index (χ1n) is 8.32. The zero-order valence-electron chi connectivity index (χ0n) is 13.9. The van der Waals surface area contributed by atoms with Gasteiger partial charge in [-0.2, -0.15) is 0 Å². The minimum Gasteiger partial charge on any atom is -0.378 e. The van der Waals surface area contributed by atoms with Crippen molar-refractivity contribution in [3.8, 4) is 11.4 Å². The Morgan fingerprint density at radius 2 is 2.08 bits per heavy atom. The lowest BCUT2D eigenvalue weighted by molar-refractivity contribution is 0.181. The quantitative estimate of drug-likeness (QED) is 0.840. The highest BCUT2D eigenvalue weighted by molar-refractivity contribution is 6.30. The van der Waals surface area contributed by atoms with Gasteiger partial charge in [0, 0.05) is 30.3 Å². The molecule has 1 aromatic heterocycles. The number of halogens is 1. The molecule has 1 fully saturated rings. The first-order valence-corrected chi connectivity index (χ1v) is 8.70. The summed E-state index contributed by atoms with van der Waals surface area (Å²) in [5, 5.41) is 7.54. The zero-order chi connectivity index (χ0) is 16.8. The lowest BCUT2D eigenvalue weighted by Crippen LogP contribution is -2.31. The molecule has 0 unspecified atom stereocenters. The third kappa shape index (κ3) is 4.66. The van der Waals surface area contributed by atoms with Crippen LogP contribution in [0.4, 0.5) is 5.82 Å². The highest BCUT2D eigenvalue weighted by Gasteiger charge is 2.14. The van der Waals surface area contributed by atoms with Crippen molar-refractivity contribution in [2.75, 3.05) is 32.1 Å². The van der Waals surface area contributed by atoms with Gasteiger partial charge in [-0.25, -0.2) is 9.97 Å². The first kappa shape index (κ1) is 17.1. The third-order valence-electron chi connectivity index (χ3n) is 4.18. The topological polar surface area (TPSA) is 59.1 Å². The summed E-state index contributed by atoms with van der Waals surface area (Å²) < 4.78 is 5.24. The van der Waals surface area contributed by atoms with Gasteiger partial charge in [0.25, 0.3) is 0 Å². The largest absolute Gasteiger partial charge is 0.378 e. The van der Waals surface area contributed by atoms with E-state index in [9.17, 15) is 0 Å². The van der Waals surface area contributed by atoms with E-state index in [2.05, 4.69) is 20.6 Å². The van der Waals surface area contributed by atoms with E-state index in [4.69, 9.17) is 16.3 Å². The molecule has 1 aliphatic heterocycles.